The Kier molecular flexibility index (Phi) is 4.08. The van der Waals surface area contributed by atoms with E-state index in [-0.39, 0.29) is 5.82 Å². The molecule has 1 atom stereocenters. The van der Waals surface area contributed by atoms with Crippen LogP contribution in [0, 0.1) is 12.7 Å². The van der Waals surface area contributed by atoms with Crippen molar-refractivity contribution in [3.63, 3.8) is 0 Å². The minimum atomic E-state index is -0.125. The molecule has 2 N–H and O–H groups in total. The van der Waals surface area contributed by atoms with Gasteiger partial charge in [-0.3, -0.25) is 0 Å². The third kappa shape index (κ3) is 2.81. The van der Waals surface area contributed by atoms with Gasteiger partial charge in [0, 0.05) is 0 Å². The summed E-state index contributed by atoms with van der Waals surface area (Å²) in [6, 6.07) is 5.34. The van der Waals surface area contributed by atoms with Crippen molar-refractivity contribution >= 4 is 0 Å². The van der Waals surface area contributed by atoms with Gasteiger partial charge in [0.2, 0.25) is 0 Å². The summed E-state index contributed by atoms with van der Waals surface area (Å²) in [5.41, 5.74) is 7.38. The number of aryl methyl sites for hydroxylation is 1. The minimum Gasteiger partial charge on any atom is -0.330 e. The third-order valence-corrected chi connectivity index (χ3v) is 2.59. The van der Waals surface area contributed by atoms with E-state index >= 15 is 0 Å². The highest BCUT2D eigenvalue weighted by Crippen LogP contribution is 2.22. The molecule has 0 heterocycles. The first-order valence-corrected chi connectivity index (χ1v) is 5.11. The number of halogens is 1. The molecule has 0 saturated carbocycles. The summed E-state index contributed by atoms with van der Waals surface area (Å²) in [6.45, 7) is 4.68. The van der Waals surface area contributed by atoms with Crippen LogP contribution in [0.5, 0.6) is 0 Å². The van der Waals surface area contributed by atoms with Gasteiger partial charge < -0.3 is 5.73 Å². The maximum atomic E-state index is 13.0. The highest BCUT2D eigenvalue weighted by molar-refractivity contribution is 5.26. The Morgan fingerprint density at radius 2 is 2.14 bits per heavy atom. The highest BCUT2D eigenvalue weighted by atomic mass is 19.1. The first-order chi connectivity index (χ1) is 6.65. The maximum Gasteiger partial charge on any atom is 0.126 e. The number of nitrogens with two attached hydrogens (primary N) is 1. The highest BCUT2D eigenvalue weighted by Gasteiger charge is 2.06. The van der Waals surface area contributed by atoms with E-state index < -0.39 is 0 Å². The molecule has 0 radical (unpaired) electrons. The molecule has 14 heavy (non-hydrogen) atoms. The molecule has 0 aromatic heterocycles. The van der Waals surface area contributed by atoms with Crippen LogP contribution in [0.2, 0.25) is 0 Å². The Hall–Kier alpha value is -0.890. The molecule has 0 spiro atoms. The maximum absolute atomic E-state index is 13.0. The van der Waals surface area contributed by atoms with Gasteiger partial charge >= 0.3 is 0 Å². The molecule has 2 heteroatoms. The summed E-state index contributed by atoms with van der Waals surface area (Å²) in [6.07, 6.45) is 2.10. The number of hydrogen-bond donors (Lipinski definition) is 1. The van der Waals surface area contributed by atoms with Gasteiger partial charge in [-0.05, 0) is 49.4 Å². The second kappa shape index (κ2) is 5.11. The molecule has 0 saturated heterocycles. The molecular weight excluding hydrogens is 177 g/mol. The van der Waals surface area contributed by atoms with Crippen LogP contribution in [0.25, 0.3) is 0 Å². The molecule has 0 bridgehead atoms. The predicted molar refractivity (Wildman–Crippen MR) is 57.8 cm³/mol. The second-order valence-electron chi connectivity index (χ2n) is 3.84. The van der Waals surface area contributed by atoms with Crippen LogP contribution >= 0.6 is 0 Å². The lowest BCUT2D eigenvalue weighted by Gasteiger charge is -2.11. The van der Waals surface area contributed by atoms with E-state index in [9.17, 15) is 4.39 Å². The van der Waals surface area contributed by atoms with E-state index in [1.807, 2.05) is 12.1 Å². The van der Waals surface area contributed by atoms with Gasteiger partial charge in [0.05, 0.1) is 0 Å². The van der Waals surface area contributed by atoms with Crippen molar-refractivity contribution in [3.8, 4) is 0 Å². The SMILES string of the molecule is Cc1cc(C(C)CCCN)ccc1F. The fourth-order valence-electron chi connectivity index (χ4n) is 1.57. The standard InChI is InChI=1S/C12H18FN/c1-9(4-3-7-14)11-5-6-12(13)10(2)8-11/h5-6,8-9H,3-4,7,14H2,1-2H3. The summed E-state index contributed by atoms with van der Waals surface area (Å²) < 4.78 is 13.0. The molecule has 1 rings (SSSR count). The smallest absolute Gasteiger partial charge is 0.126 e. The molecule has 1 unspecified atom stereocenters. The van der Waals surface area contributed by atoms with Crippen molar-refractivity contribution in [3.05, 3.63) is 35.1 Å². The first kappa shape index (κ1) is 11.2. The predicted octanol–water partition coefficient (Wildman–Crippen LogP) is 2.98. The molecule has 0 fully saturated rings. The Labute approximate surface area is 85.1 Å². The zero-order chi connectivity index (χ0) is 10.6. The monoisotopic (exact) mass is 195 g/mol. The van der Waals surface area contributed by atoms with E-state index in [2.05, 4.69) is 6.92 Å². The fourth-order valence-corrected chi connectivity index (χ4v) is 1.57. The van der Waals surface area contributed by atoms with E-state index in [0.717, 1.165) is 24.9 Å². The number of benzene rings is 1. The van der Waals surface area contributed by atoms with Gasteiger partial charge in [0.25, 0.3) is 0 Å². The summed E-state index contributed by atoms with van der Waals surface area (Å²) in [5.74, 6) is 0.345. The van der Waals surface area contributed by atoms with E-state index in [4.69, 9.17) is 5.73 Å². The Bertz CT molecular complexity index is 296. The largest absolute Gasteiger partial charge is 0.330 e. The average molecular weight is 195 g/mol. The fraction of sp³-hybridized carbons (Fsp3) is 0.500. The summed E-state index contributed by atoms with van der Waals surface area (Å²) in [7, 11) is 0. The normalized spacial score (nSPS) is 12.9. The lowest BCUT2D eigenvalue weighted by atomic mass is 9.95. The lowest BCUT2D eigenvalue weighted by Crippen LogP contribution is -2.02. The van der Waals surface area contributed by atoms with Gasteiger partial charge in [0.1, 0.15) is 5.82 Å². The average Bonchev–Trinajstić information content (AvgIpc) is 2.18. The first-order valence-electron chi connectivity index (χ1n) is 5.11. The van der Waals surface area contributed by atoms with E-state index in [0.29, 0.717) is 5.92 Å². The van der Waals surface area contributed by atoms with E-state index in [1.165, 1.54) is 5.56 Å². The van der Waals surface area contributed by atoms with Crippen molar-refractivity contribution in [1.82, 2.24) is 0 Å². The summed E-state index contributed by atoms with van der Waals surface area (Å²) in [4.78, 5) is 0. The zero-order valence-electron chi connectivity index (χ0n) is 8.89. The molecule has 0 aliphatic heterocycles. The van der Waals surface area contributed by atoms with Crippen LogP contribution in [0.15, 0.2) is 18.2 Å². The van der Waals surface area contributed by atoms with Crippen molar-refractivity contribution < 1.29 is 4.39 Å². The van der Waals surface area contributed by atoms with Crippen LogP contribution < -0.4 is 5.73 Å². The Balaban J connectivity index is 2.70. The van der Waals surface area contributed by atoms with Crippen molar-refractivity contribution in [2.45, 2.75) is 32.6 Å². The third-order valence-electron chi connectivity index (χ3n) is 2.59. The Morgan fingerprint density at radius 3 is 2.71 bits per heavy atom. The summed E-state index contributed by atoms with van der Waals surface area (Å²) >= 11 is 0. The topological polar surface area (TPSA) is 26.0 Å². The molecular formula is C12H18FN. The molecule has 1 aromatic carbocycles. The lowest BCUT2D eigenvalue weighted by molar-refractivity contribution is 0.609. The van der Waals surface area contributed by atoms with Crippen molar-refractivity contribution in [1.29, 1.82) is 0 Å². The van der Waals surface area contributed by atoms with Gasteiger partial charge in [-0.15, -0.1) is 0 Å². The molecule has 0 aliphatic carbocycles. The molecule has 0 aliphatic rings. The van der Waals surface area contributed by atoms with Crippen LogP contribution in [-0.2, 0) is 0 Å². The van der Waals surface area contributed by atoms with Gasteiger partial charge in [0.15, 0.2) is 0 Å². The van der Waals surface area contributed by atoms with Gasteiger partial charge in [-0.25, -0.2) is 4.39 Å². The van der Waals surface area contributed by atoms with Crippen LogP contribution in [0.4, 0.5) is 4.39 Å². The quantitative estimate of drug-likeness (QED) is 0.785. The molecule has 0 amide bonds. The van der Waals surface area contributed by atoms with Crippen LogP contribution in [-0.4, -0.2) is 6.54 Å². The molecule has 78 valence electrons. The molecule has 1 aromatic rings. The van der Waals surface area contributed by atoms with Gasteiger partial charge in [-0.2, -0.15) is 0 Å². The number of hydrogen-bond acceptors (Lipinski definition) is 1. The van der Waals surface area contributed by atoms with Gasteiger partial charge in [-0.1, -0.05) is 19.1 Å². The molecule has 1 nitrogen and oxygen atoms in total. The second-order valence-corrected chi connectivity index (χ2v) is 3.84. The Morgan fingerprint density at radius 1 is 1.43 bits per heavy atom. The summed E-state index contributed by atoms with van der Waals surface area (Å²) in [5, 5.41) is 0. The van der Waals surface area contributed by atoms with Crippen LogP contribution in [0.1, 0.15) is 36.8 Å². The van der Waals surface area contributed by atoms with Crippen LogP contribution in [0.3, 0.4) is 0 Å². The minimum absolute atomic E-state index is 0.125. The van der Waals surface area contributed by atoms with Crippen molar-refractivity contribution in [2.75, 3.05) is 6.54 Å². The van der Waals surface area contributed by atoms with Crippen molar-refractivity contribution in [2.24, 2.45) is 5.73 Å². The van der Waals surface area contributed by atoms with E-state index in [1.54, 1.807) is 13.0 Å². The number of rotatable bonds is 4. The zero-order valence-corrected chi connectivity index (χ0v) is 8.89.